The van der Waals surface area contributed by atoms with Gasteiger partial charge in [-0.05, 0) is 30.9 Å². The normalized spacial score (nSPS) is 22.9. The molecule has 0 bridgehead atoms. The van der Waals surface area contributed by atoms with Gasteiger partial charge in [-0.25, -0.2) is 0 Å². The number of rotatable bonds is 5. The number of aliphatic hydroxyl groups excluding tert-OH is 1. The molecule has 20 heavy (non-hydrogen) atoms. The summed E-state index contributed by atoms with van der Waals surface area (Å²) in [5.74, 6) is 0. The van der Waals surface area contributed by atoms with Gasteiger partial charge in [0, 0.05) is 43.8 Å². The van der Waals surface area contributed by atoms with Gasteiger partial charge in [0.2, 0.25) is 0 Å². The molecule has 3 rings (SSSR count). The van der Waals surface area contributed by atoms with Crippen LogP contribution in [0, 0.1) is 0 Å². The molecule has 1 N–H and O–H groups in total. The molecule has 0 spiro atoms. The van der Waals surface area contributed by atoms with Crippen molar-refractivity contribution >= 4 is 11.6 Å². The highest BCUT2D eigenvalue weighted by molar-refractivity contribution is 6.31. The van der Waals surface area contributed by atoms with Crippen LogP contribution in [0.5, 0.6) is 0 Å². The molecule has 1 saturated heterocycles. The average molecular weight is 295 g/mol. The molecule has 2 aliphatic rings. The van der Waals surface area contributed by atoms with Gasteiger partial charge < -0.3 is 10.0 Å². The molecule has 110 valence electrons. The number of nitrogens with zero attached hydrogens (tertiary/aromatic N) is 2. The molecule has 2 fully saturated rings. The van der Waals surface area contributed by atoms with E-state index in [-0.39, 0.29) is 0 Å². The van der Waals surface area contributed by atoms with Crippen molar-refractivity contribution in [2.75, 3.05) is 32.7 Å². The summed E-state index contributed by atoms with van der Waals surface area (Å²) < 4.78 is 0. The summed E-state index contributed by atoms with van der Waals surface area (Å²) >= 11 is 6.12. The van der Waals surface area contributed by atoms with E-state index < -0.39 is 6.10 Å². The lowest BCUT2D eigenvalue weighted by molar-refractivity contribution is 0.0991. The van der Waals surface area contributed by atoms with Crippen molar-refractivity contribution < 1.29 is 5.11 Å². The van der Waals surface area contributed by atoms with Gasteiger partial charge >= 0.3 is 0 Å². The van der Waals surface area contributed by atoms with Crippen molar-refractivity contribution in [3.8, 4) is 0 Å². The SMILES string of the molecule is OC(CCN1CCN(C2CC2)CC1)c1ccccc1Cl. The topological polar surface area (TPSA) is 26.7 Å². The van der Waals surface area contributed by atoms with E-state index >= 15 is 0 Å². The third-order valence-corrected chi connectivity index (χ3v) is 4.80. The highest BCUT2D eigenvalue weighted by Crippen LogP contribution is 2.28. The van der Waals surface area contributed by atoms with Crippen LogP contribution in [0.2, 0.25) is 5.02 Å². The van der Waals surface area contributed by atoms with Gasteiger partial charge in [-0.3, -0.25) is 4.90 Å². The molecule has 0 aromatic heterocycles. The number of hydrogen-bond acceptors (Lipinski definition) is 3. The fourth-order valence-corrected chi connectivity index (χ4v) is 3.26. The highest BCUT2D eigenvalue weighted by atomic mass is 35.5. The van der Waals surface area contributed by atoms with Crippen molar-refractivity contribution in [1.82, 2.24) is 9.80 Å². The monoisotopic (exact) mass is 294 g/mol. The minimum absolute atomic E-state index is 0.454. The van der Waals surface area contributed by atoms with Crippen LogP contribution in [0.3, 0.4) is 0 Å². The molecule has 1 aliphatic heterocycles. The van der Waals surface area contributed by atoms with Gasteiger partial charge in [0.05, 0.1) is 6.10 Å². The summed E-state index contributed by atoms with van der Waals surface area (Å²) in [6.07, 6.45) is 3.09. The van der Waals surface area contributed by atoms with Crippen LogP contribution in [0.25, 0.3) is 0 Å². The lowest BCUT2D eigenvalue weighted by Crippen LogP contribution is -2.47. The first-order valence-electron chi connectivity index (χ1n) is 7.63. The maximum Gasteiger partial charge on any atom is 0.0816 e. The summed E-state index contributed by atoms with van der Waals surface area (Å²) in [7, 11) is 0. The molecule has 1 aromatic carbocycles. The predicted octanol–water partition coefficient (Wildman–Crippen LogP) is 2.54. The Kier molecular flexibility index (Phi) is 4.61. The zero-order chi connectivity index (χ0) is 13.9. The molecular weight excluding hydrogens is 272 g/mol. The Morgan fingerprint density at radius 1 is 1.15 bits per heavy atom. The third-order valence-electron chi connectivity index (χ3n) is 4.45. The molecule has 1 aliphatic carbocycles. The number of benzene rings is 1. The van der Waals surface area contributed by atoms with E-state index in [9.17, 15) is 5.11 Å². The van der Waals surface area contributed by atoms with E-state index in [4.69, 9.17) is 11.6 Å². The van der Waals surface area contributed by atoms with Crippen molar-refractivity contribution in [2.24, 2.45) is 0 Å². The van der Waals surface area contributed by atoms with Crippen LogP contribution in [-0.4, -0.2) is 53.7 Å². The third kappa shape index (κ3) is 3.53. The smallest absolute Gasteiger partial charge is 0.0816 e. The number of aliphatic hydroxyl groups is 1. The van der Waals surface area contributed by atoms with Crippen LogP contribution >= 0.6 is 11.6 Å². The second-order valence-electron chi connectivity index (χ2n) is 5.93. The lowest BCUT2D eigenvalue weighted by Gasteiger charge is -2.35. The molecule has 0 amide bonds. The Balaban J connectivity index is 1.44. The minimum atomic E-state index is -0.454. The second kappa shape index (κ2) is 6.44. The molecule has 1 aromatic rings. The summed E-state index contributed by atoms with van der Waals surface area (Å²) in [6, 6.07) is 8.46. The van der Waals surface area contributed by atoms with E-state index in [1.54, 1.807) is 0 Å². The average Bonchev–Trinajstić information content (AvgIpc) is 3.30. The first kappa shape index (κ1) is 14.3. The first-order chi connectivity index (χ1) is 9.74. The van der Waals surface area contributed by atoms with Crippen LogP contribution in [0.15, 0.2) is 24.3 Å². The maximum atomic E-state index is 10.3. The van der Waals surface area contributed by atoms with Gasteiger partial charge in [0.15, 0.2) is 0 Å². The van der Waals surface area contributed by atoms with Crippen molar-refractivity contribution in [2.45, 2.75) is 31.4 Å². The van der Waals surface area contributed by atoms with E-state index in [1.165, 1.54) is 25.9 Å². The second-order valence-corrected chi connectivity index (χ2v) is 6.34. The summed E-state index contributed by atoms with van der Waals surface area (Å²) in [4.78, 5) is 5.07. The fraction of sp³-hybridized carbons (Fsp3) is 0.625. The van der Waals surface area contributed by atoms with Crippen LogP contribution in [0.4, 0.5) is 0 Å². The molecule has 1 atom stereocenters. The van der Waals surface area contributed by atoms with Crippen LogP contribution in [-0.2, 0) is 0 Å². The van der Waals surface area contributed by atoms with Crippen molar-refractivity contribution in [1.29, 1.82) is 0 Å². The van der Waals surface area contributed by atoms with Gasteiger partial charge in [-0.15, -0.1) is 0 Å². The Morgan fingerprint density at radius 3 is 2.50 bits per heavy atom. The molecule has 3 nitrogen and oxygen atoms in total. The number of hydrogen-bond donors (Lipinski definition) is 1. The fourth-order valence-electron chi connectivity index (χ4n) is 3.00. The first-order valence-corrected chi connectivity index (χ1v) is 8.01. The van der Waals surface area contributed by atoms with Crippen LogP contribution < -0.4 is 0 Å². The van der Waals surface area contributed by atoms with Gasteiger partial charge in [0.25, 0.3) is 0 Å². The van der Waals surface area contributed by atoms with E-state index in [0.29, 0.717) is 5.02 Å². The quantitative estimate of drug-likeness (QED) is 0.904. The lowest BCUT2D eigenvalue weighted by atomic mass is 10.1. The van der Waals surface area contributed by atoms with Gasteiger partial charge in [-0.2, -0.15) is 0 Å². The van der Waals surface area contributed by atoms with Gasteiger partial charge in [-0.1, -0.05) is 29.8 Å². The Labute approximate surface area is 126 Å². The van der Waals surface area contributed by atoms with Crippen LogP contribution in [0.1, 0.15) is 30.9 Å². The van der Waals surface area contributed by atoms with Crippen molar-refractivity contribution in [3.63, 3.8) is 0 Å². The standard InChI is InChI=1S/C16H23ClN2O/c17-15-4-2-1-3-14(15)16(20)7-8-18-9-11-19(12-10-18)13-5-6-13/h1-4,13,16,20H,5-12H2. The Bertz CT molecular complexity index is 442. The molecule has 4 heteroatoms. The van der Waals surface area contributed by atoms with Crippen molar-refractivity contribution in [3.05, 3.63) is 34.9 Å². The van der Waals surface area contributed by atoms with E-state index in [1.807, 2.05) is 24.3 Å². The number of piperazine rings is 1. The molecule has 0 radical (unpaired) electrons. The molecule has 1 unspecified atom stereocenters. The van der Waals surface area contributed by atoms with E-state index in [2.05, 4.69) is 9.80 Å². The summed E-state index contributed by atoms with van der Waals surface area (Å²) in [6.45, 7) is 5.59. The largest absolute Gasteiger partial charge is 0.388 e. The molecule has 1 heterocycles. The highest BCUT2D eigenvalue weighted by Gasteiger charge is 2.31. The Hall–Kier alpha value is -0.610. The Morgan fingerprint density at radius 2 is 1.85 bits per heavy atom. The summed E-state index contributed by atoms with van der Waals surface area (Å²) in [5.41, 5.74) is 0.853. The predicted molar refractivity (Wildman–Crippen MR) is 82.1 cm³/mol. The minimum Gasteiger partial charge on any atom is -0.388 e. The van der Waals surface area contributed by atoms with Gasteiger partial charge in [0.1, 0.15) is 0 Å². The zero-order valence-electron chi connectivity index (χ0n) is 11.8. The molecule has 1 saturated carbocycles. The maximum absolute atomic E-state index is 10.3. The van der Waals surface area contributed by atoms with E-state index in [0.717, 1.165) is 37.7 Å². The zero-order valence-corrected chi connectivity index (χ0v) is 12.6. The number of halogens is 1. The molecular formula is C16H23ClN2O. The summed E-state index contributed by atoms with van der Waals surface area (Å²) in [5, 5.41) is 10.9.